The summed E-state index contributed by atoms with van der Waals surface area (Å²) in [5, 5.41) is 7.73. The molecule has 0 fully saturated rings. The Morgan fingerprint density at radius 3 is 1.34 bits per heavy atom. The molecule has 13 rings (SSSR count). The number of nitrogens with zero attached hydrogens (tertiary/aromatic N) is 2. The van der Waals surface area contributed by atoms with Crippen molar-refractivity contribution in [1.29, 1.82) is 0 Å². The largest absolute Gasteiger partial charge is 0.309 e. The quantitative estimate of drug-likeness (QED) is 0.176. The van der Waals surface area contributed by atoms with Crippen molar-refractivity contribution in [2.45, 2.75) is 39.2 Å². The summed E-state index contributed by atoms with van der Waals surface area (Å²) in [6.07, 6.45) is 0. The second-order valence-corrected chi connectivity index (χ2v) is 19.1. The number of fused-ring (bicyclic) bond motifs is 13. The van der Waals surface area contributed by atoms with Crippen molar-refractivity contribution in [2.75, 3.05) is 0 Å². The Morgan fingerprint density at radius 1 is 0.293 bits per heavy atom. The van der Waals surface area contributed by atoms with Crippen molar-refractivity contribution in [2.24, 2.45) is 0 Å². The van der Waals surface area contributed by atoms with Gasteiger partial charge in [0.15, 0.2) is 0 Å². The van der Waals surface area contributed by atoms with Crippen molar-refractivity contribution >= 4 is 101 Å². The van der Waals surface area contributed by atoms with Crippen molar-refractivity contribution in [3.63, 3.8) is 0 Å². The number of rotatable bonds is 3. The summed E-state index contributed by atoms with van der Waals surface area (Å²) in [6, 6.07) is 67.4. The molecule has 6 heteroatoms. The number of hydrogen-bond donors (Lipinski definition) is 0. The minimum atomic E-state index is 1.16. The van der Waals surface area contributed by atoms with Crippen LogP contribution in [-0.2, 0) is 0 Å². The standard InChI is InChI=1S/C52H30N2S4/c1-2-12-35-34(11-1)33(25-26-40(35)54-39-16-6-4-14-37(39)50-42(54)28-30-48-52(50)58-46-20-10-8-18-44(46)56-48)31-21-23-32(24-22-31)53-38-15-5-3-13-36(38)49-41(53)27-29-47-51(49)57-45-19-9-7-17-43(45)55-47/h1-30H. The van der Waals surface area contributed by atoms with E-state index >= 15 is 0 Å². The van der Waals surface area contributed by atoms with Gasteiger partial charge in [0.2, 0.25) is 0 Å². The van der Waals surface area contributed by atoms with Crippen LogP contribution in [0.15, 0.2) is 221 Å². The lowest BCUT2D eigenvalue weighted by molar-refractivity contribution is 1.15. The molecule has 2 nitrogen and oxygen atoms in total. The van der Waals surface area contributed by atoms with Crippen LogP contribution >= 0.6 is 47.0 Å². The molecule has 0 bridgehead atoms. The molecule has 272 valence electrons. The highest BCUT2D eigenvalue weighted by Crippen LogP contribution is 2.54. The van der Waals surface area contributed by atoms with Gasteiger partial charge in [0.1, 0.15) is 0 Å². The van der Waals surface area contributed by atoms with E-state index in [2.05, 4.69) is 191 Å². The first-order valence-corrected chi connectivity index (χ1v) is 22.7. The lowest BCUT2D eigenvalue weighted by Crippen LogP contribution is -1.97. The van der Waals surface area contributed by atoms with Gasteiger partial charge in [0.25, 0.3) is 0 Å². The Kier molecular flexibility index (Phi) is 7.38. The van der Waals surface area contributed by atoms with Crippen LogP contribution in [0.25, 0.3) is 76.9 Å². The summed E-state index contributed by atoms with van der Waals surface area (Å²) in [6.45, 7) is 0. The Hall–Kier alpha value is -5.76. The van der Waals surface area contributed by atoms with Crippen LogP contribution < -0.4 is 0 Å². The minimum Gasteiger partial charge on any atom is -0.309 e. The van der Waals surface area contributed by atoms with E-state index in [0.717, 1.165) is 5.69 Å². The van der Waals surface area contributed by atoms with Gasteiger partial charge >= 0.3 is 0 Å². The maximum atomic E-state index is 2.49. The molecule has 2 aliphatic rings. The van der Waals surface area contributed by atoms with E-state index in [1.807, 2.05) is 47.0 Å². The second-order valence-electron chi connectivity index (χ2n) is 14.8. The predicted octanol–water partition coefficient (Wildman–Crippen LogP) is 15.9. The Balaban J connectivity index is 0.941. The lowest BCUT2D eigenvalue weighted by atomic mass is 9.96. The summed E-state index contributed by atoms with van der Waals surface area (Å²) in [5.74, 6) is 0. The van der Waals surface area contributed by atoms with Crippen LogP contribution in [-0.4, -0.2) is 9.13 Å². The van der Waals surface area contributed by atoms with E-state index in [4.69, 9.17) is 0 Å². The molecular weight excluding hydrogens is 781 g/mol. The molecule has 0 saturated heterocycles. The zero-order valence-electron chi connectivity index (χ0n) is 30.8. The predicted molar refractivity (Wildman–Crippen MR) is 247 cm³/mol. The van der Waals surface area contributed by atoms with Crippen LogP contribution in [0.4, 0.5) is 0 Å². The Bertz CT molecular complexity index is 3520. The van der Waals surface area contributed by atoms with Crippen LogP contribution in [0, 0.1) is 0 Å². The molecule has 0 unspecified atom stereocenters. The average molecular weight is 811 g/mol. The van der Waals surface area contributed by atoms with Crippen molar-refractivity contribution in [3.8, 4) is 22.5 Å². The third kappa shape index (κ3) is 4.86. The maximum Gasteiger partial charge on any atom is 0.0553 e. The Morgan fingerprint density at radius 2 is 0.759 bits per heavy atom. The third-order valence-electron chi connectivity index (χ3n) is 11.7. The summed E-state index contributed by atoms with van der Waals surface area (Å²) < 4.78 is 4.93. The molecule has 58 heavy (non-hydrogen) atoms. The molecule has 2 aliphatic heterocycles. The van der Waals surface area contributed by atoms with Gasteiger partial charge < -0.3 is 9.13 Å². The summed E-state index contributed by atoms with van der Waals surface area (Å²) >= 11 is 7.57. The summed E-state index contributed by atoms with van der Waals surface area (Å²) in [5.41, 5.74) is 9.73. The molecule has 0 saturated carbocycles. The summed E-state index contributed by atoms with van der Waals surface area (Å²) in [4.78, 5) is 10.7. The van der Waals surface area contributed by atoms with Crippen LogP contribution in [0.2, 0.25) is 0 Å². The fourth-order valence-electron chi connectivity index (χ4n) is 9.13. The molecular formula is C52H30N2S4. The maximum absolute atomic E-state index is 2.49. The SMILES string of the molecule is c1ccc2c(c1)Sc1ccc3c(c1S2)c1ccccc1n3-c1ccc(-c2ccc(-n3c4ccccc4c4c5c(ccc43)Sc3ccccc3S5)c3ccccc23)cc1. The first-order chi connectivity index (χ1) is 28.8. The van der Waals surface area contributed by atoms with Gasteiger partial charge in [-0.05, 0) is 95.4 Å². The van der Waals surface area contributed by atoms with Gasteiger partial charge in [-0.3, -0.25) is 0 Å². The highest BCUT2D eigenvalue weighted by molar-refractivity contribution is 8.05. The van der Waals surface area contributed by atoms with Gasteiger partial charge in [-0.25, -0.2) is 0 Å². The van der Waals surface area contributed by atoms with E-state index in [-0.39, 0.29) is 0 Å². The number of para-hydroxylation sites is 2. The van der Waals surface area contributed by atoms with Gasteiger partial charge in [0, 0.05) is 71.8 Å². The van der Waals surface area contributed by atoms with Crippen molar-refractivity contribution in [1.82, 2.24) is 9.13 Å². The molecule has 0 aliphatic carbocycles. The highest BCUT2D eigenvalue weighted by atomic mass is 32.2. The van der Waals surface area contributed by atoms with Gasteiger partial charge in [0.05, 0.1) is 27.8 Å². The number of hydrogen-bond acceptors (Lipinski definition) is 4. The number of aromatic nitrogens is 2. The monoisotopic (exact) mass is 810 g/mol. The van der Waals surface area contributed by atoms with Gasteiger partial charge in [-0.1, -0.05) is 150 Å². The van der Waals surface area contributed by atoms with Crippen molar-refractivity contribution < 1.29 is 0 Å². The molecule has 0 amide bonds. The second kappa shape index (κ2) is 12.9. The minimum absolute atomic E-state index is 1.16. The smallest absolute Gasteiger partial charge is 0.0553 e. The molecule has 0 atom stereocenters. The zero-order valence-corrected chi connectivity index (χ0v) is 34.1. The molecule has 0 N–H and O–H groups in total. The molecule has 0 radical (unpaired) electrons. The van der Waals surface area contributed by atoms with Crippen LogP contribution in [0.3, 0.4) is 0 Å². The average Bonchev–Trinajstić information content (AvgIpc) is 3.81. The number of benzene rings is 9. The van der Waals surface area contributed by atoms with E-state index in [9.17, 15) is 0 Å². The highest BCUT2D eigenvalue weighted by Gasteiger charge is 2.26. The Labute approximate surface area is 351 Å². The molecule has 11 aromatic rings. The van der Waals surface area contributed by atoms with E-state index < -0.39 is 0 Å². The fourth-order valence-corrected chi connectivity index (χ4v) is 13.9. The first-order valence-electron chi connectivity index (χ1n) is 19.4. The van der Waals surface area contributed by atoms with E-state index in [1.165, 1.54) is 110 Å². The van der Waals surface area contributed by atoms with Crippen LogP contribution in [0.1, 0.15) is 0 Å². The fraction of sp³-hybridized carbons (Fsp3) is 0. The normalized spacial score (nSPS) is 13.2. The summed E-state index contributed by atoms with van der Waals surface area (Å²) in [7, 11) is 0. The van der Waals surface area contributed by atoms with Crippen molar-refractivity contribution in [3.05, 3.63) is 182 Å². The molecule has 0 spiro atoms. The zero-order chi connectivity index (χ0) is 37.9. The van der Waals surface area contributed by atoms with Gasteiger partial charge in [-0.2, -0.15) is 0 Å². The molecule has 9 aromatic carbocycles. The van der Waals surface area contributed by atoms with E-state index in [1.54, 1.807) is 0 Å². The first kappa shape index (κ1) is 33.2. The topological polar surface area (TPSA) is 9.86 Å². The molecule has 2 aromatic heterocycles. The molecule has 4 heterocycles. The lowest BCUT2D eigenvalue weighted by Gasteiger charge is -2.19. The third-order valence-corrected chi connectivity index (χ3v) is 16.8. The van der Waals surface area contributed by atoms with E-state index in [0.29, 0.717) is 0 Å². The van der Waals surface area contributed by atoms with Gasteiger partial charge in [-0.15, -0.1) is 0 Å². The van der Waals surface area contributed by atoms with Crippen LogP contribution in [0.5, 0.6) is 0 Å².